The Morgan fingerprint density at radius 1 is 1.22 bits per heavy atom. The van der Waals surface area contributed by atoms with E-state index in [1.165, 1.54) is 13.3 Å². The van der Waals surface area contributed by atoms with Gasteiger partial charge in [0.25, 0.3) is 0 Å². The summed E-state index contributed by atoms with van der Waals surface area (Å²) in [5, 5.41) is 12.1. The number of anilines is 1. The molecule has 0 spiro atoms. The number of methoxy groups -OCH3 is 1. The molecular weight excluding hydrogens is 364 g/mol. The van der Waals surface area contributed by atoms with Crippen LogP contribution < -0.4 is 10.1 Å². The van der Waals surface area contributed by atoms with Crippen molar-refractivity contribution in [3.63, 3.8) is 0 Å². The number of halogens is 1. The highest BCUT2D eigenvalue weighted by atomic mass is 35.5. The van der Waals surface area contributed by atoms with Gasteiger partial charge in [-0.3, -0.25) is 9.78 Å². The second-order valence-corrected chi connectivity index (χ2v) is 6.08. The number of carbonyl (C=O) groups excluding carboxylic acids is 1. The van der Waals surface area contributed by atoms with Gasteiger partial charge in [0.2, 0.25) is 5.91 Å². The van der Waals surface area contributed by atoms with Gasteiger partial charge in [-0.2, -0.15) is 5.26 Å². The number of nitrogens with zero attached hydrogens (tertiary/aromatic N) is 3. The maximum absolute atomic E-state index is 12.2. The summed E-state index contributed by atoms with van der Waals surface area (Å²) in [5.74, 6) is 0.569. The Morgan fingerprint density at radius 2 is 2.07 bits per heavy atom. The zero-order valence-corrected chi connectivity index (χ0v) is 15.2. The van der Waals surface area contributed by atoms with Crippen LogP contribution >= 0.6 is 11.6 Å². The number of benzene rings is 1. The van der Waals surface area contributed by atoms with Crippen molar-refractivity contribution in [2.45, 2.75) is 6.42 Å². The fourth-order valence-corrected chi connectivity index (χ4v) is 2.65. The van der Waals surface area contributed by atoms with Crippen LogP contribution in [0.25, 0.3) is 11.3 Å². The summed E-state index contributed by atoms with van der Waals surface area (Å²) >= 11 is 5.92. The number of amides is 1. The average molecular weight is 379 g/mol. The van der Waals surface area contributed by atoms with Crippen molar-refractivity contribution in [1.82, 2.24) is 9.97 Å². The van der Waals surface area contributed by atoms with Gasteiger partial charge in [-0.15, -0.1) is 0 Å². The Balaban J connectivity index is 1.67. The summed E-state index contributed by atoms with van der Waals surface area (Å²) < 4.78 is 5.10. The van der Waals surface area contributed by atoms with Gasteiger partial charge in [-0.25, -0.2) is 4.98 Å². The molecule has 7 heteroatoms. The van der Waals surface area contributed by atoms with Crippen LogP contribution in [-0.4, -0.2) is 23.0 Å². The molecule has 1 aromatic carbocycles. The molecule has 0 atom stereocenters. The van der Waals surface area contributed by atoms with Crippen molar-refractivity contribution in [2.75, 3.05) is 12.4 Å². The summed E-state index contributed by atoms with van der Waals surface area (Å²) in [7, 11) is 1.49. The normalized spacial score (nSPS) is 10.1. The lowest BCUT2D eigenvalue weighted by atomic mass is 10.1. The zero-order chi connectivity index (χ0) is 19.2. The molecule has 0 unspecified atom stereocenters. The first kappa shape index (κ1) is 18.4. The highest BCUT2D eigenvalue weighted by molar-refractivity contribution is 6.32. The van der Waals surface area contributed by atoms with E-state index in [1.54, 1.807) is 24.4 Å². The van der Waals surface area contributed by atoms with Crippen molar-refractivity contribution in [2.24, 2.45) is 0 Å². The summed E-state index contributed by atoms with van der Waals surface area (Å²) in [6.45, 7) is 0. The lowest BCUT2D eigenvalue weighted by Crippen LogP contribution is -2.15. The molecular formula is C20H15ClN4O2. The minimum absolute atomic E-state index is 0.151. The minimum atomic E-state index is -0.229. The largest absolute Gasteiger partial charge is 0.495 e. The molecule has 2 aromatic heterocycles. The topological polar surface area (TPSA) is 87.9 Å². The standard InChI is InChI=1S/C20H15ClN4O2/c1-27-18-9-19(24-12-16(18)21)25-20(26)8-14-5-6-17(23-11-14)15-4-2-3-13(7-15)10-22/h2-7,9,11-12H,8H2,1H3,(H,24,25,26). The number of nitriles is 1. The summed E-state index contributed by atoms with van der Waals surface area (Å²) in [6, 6.07) is 14.5. The molecule has 0 aliphatic carbocycles. The third-order valence-corrected chi connectivity index (χ3v) is 4.07. The molecule has 6 nitrogen and oxygen atoms in total. The minimum Gasteiger partial charge on any atom is -0.495 e. The second kappa shape index (κ2) is 8.30. The average Bonchev–Trinajstić information content (AvgIpc) is 2.70. The summed E-state index contributed by atoms with van der Waals surface area (Å²) in [5.41, 5.74) is 2.92. The Labute approximate surface area is 161 Å². The molecule has 1 amide bonds. The summed E-state index contributed by atoms with van der Waals surface area (Å²) in [6.07, 6.45) is 3.21. The number of ether oxygens (including phenoxy) is 1. The maximum atomic E-state index is 12.2. The third kappa shape index (κ3) is 4.60. The Kier molecular flexibility index (Phi) is 5.64. The number of rotatable bonds is 5. The van der Waals surface area contributed by atoms with E-state index in [0.717, 1.165) is 16.8 Å². The number of aromatic nitrogens is 2. The molecule has 1 N–H and O–H groups in total. The molecule has 0 bridgehead atoms. The van der Waals surface area contributed by atoms with Crippen LogP contribution in [0.4, 0.5) is 5.82 Å². The number of carbonyl (C=O) groups is 1. The highest BCUT2D eigenvalue weighted by Gasteiger charge is 2.09. The predicted molar refractivity (Wildman–Crippen MR) is 103 cm³/mol. The number of pyridine rings is 2. The molecule has 2 heterocycles. The molecule has 0 aliphatic heterocycles. The van der Waals surface area contributed by atoms with Crippen LogP contribution in [0.2, 0.25) is 5.02 Å². The van der Waals surface area contributed by atoms with Crippen molar-refractivity contribution in [3.05, 3.63) is 71.0 Å². The lowest BCUT2D eigenvalue weighted by Gasteiger charge is -2.08. The molecule has 3 aromatic rings. The van der Waals surface area contributed by atoms with Crippen molar-refractivity contribution in [3.8, 4) is 23.1 Å². The van der Waals surface area contributed by atoms with Crippen LogP contribution in [0, 0.1) is 11.3 Å². The van der Waals surface area contributed by atoms with E-state index in [1.807, 2.05) is 24.3 Å². The van der Waals surface area contributed by atoms with Gasteiger partial charge < -0.3 is 10.1 Å². The van der Waals surface area contributed by atoms with Gasteiger partial charge in [0.1, 0.15) is 16.6 Å². The van der Waals surface area contributed by atoms with Gasteiger partial charge in [-0.1, -0.05) is 29.8 Å². The highest BCUT2D eigenvalue weighted by Crippen LogP contribution is 2.25. The van der Waals surface area contributed by atoms with E-state index in [9.17, 15) is 4.79 Å². The first-order valence-electron chi connectivity index (χ1n) is 8.04. The smallest absolute Gasteiger partial charge is 0.230 e. The van der Waals surface area contributed by atoms with Crippen LogP contribution in [0.3, 0.4) is 0 Å². The molecule has 0 fully saturated rings. The SMILES string of the molecule is COc1cc(NC(=O)Cc2ccc(-c3cccc(C#N)c3)nc2)ncc1Cl. The Hall–Kier alpha value is -3.43. The van der Waals surface area contributed by atoms with E-state index in [-0.39, 0.29) is 12.3 Å². The van der Waals surface area contributed by atoms with E-state index < -0.39 is 0 Å². The van der Waals surface area contributed by atoms with E-state index in [2.05, 4.69) is 21.4 Å². The van der Waals surface area contributed by atoms with Gasteiger partial charge >= 0.3 is 0 Å². The fourth-order valence-electron chi connectivity index (χ4n) is 2.47. The Morgan fingerprint density at radius 3 is 2.78 bits per heavy atom. The van der Waals surface area contributed by atoms with Gasteiger partial charge in [0, 0.05) is 17.8 Å². The van der Waals surface area contributed by atoms with Crippen LogP contribution in [0.15, 0.2) is 54.9 Å². The molecule has 0 radical (unpaired) electrons. The van der Waals surface area contributed by atoms with E-state index in [0.29, 0.717) is 22.2 Å². The number of hydrogen-bond acceptors (Lipinski definition) is 5. The number of hydrogen-bond donors (Lipinski definition) is 1. The fraction of sp³-hybridized carbons (Fsp3) is 0.100. The number of nitrogens with one attached hydrogen (secondary N) is 1. The third-order valence-electron chi connectivity index (χ3n) is 3.78. The molecule has 0 saturated carbocycles. The monoisotopic (exact) mass is 378 g/mol. The molecule has 0 aliphatic rings. The first-order chi connectivity index (χ1) is 13.1. The van der Waals surface area contributed by atoms with Crippen molar-refractivity contribution >= 4 is 23.3 Å². The maximum Gasteiger partial charge on any atom is 0.230 e. The van der Waals surface area contributed by atoms with Crippen LogP contribution in [0.5, 0.6) is 5.75 Å². The lowest BCUT2D eigenvalue weighted by molar-refractivity contribution is -0.115. The molecule has 3 rings (SSSR count). The van der Waals surface area contributed by atoms with Crippen molar-refractivity contribution in [1.29, 1.82) is 5.26 Å². The van der Waals surface area contributed by atoms with E-state index >= 15 is 0 Å². The van der Waals surface area contributed by atoms with Crippen LogP contribution in [0.1, 0.15) is 11.1 Å². The summed E-state index contributed by atoms with van der Waals surface area (Å²) in [4.78, 5) is 20.6. The van der Waals surface area contributed by atoms with E-state index in [4.69, 9.17) is 21.6 Å². The predicted octanol–water partition coefficient (Wildman–Crippen LogP) is 3.86. The van der Waals surface area contributed by atoms with Gasteiger partial charge in [-0.05, 0) is 23.8 Å². The molecule has 27 heavy (non-hydrogen) atoms. The second-order valence-electron chi connectivity index (χ2n) is 5.67. The van der Waals surface area contributed by atoms with Gasteiger partial charge in [0.15, 0.2) is 0 Å². The van der Waals surface area contributed by atoms with Gasteiger partial charge in [0.05, 0.1) is 37.1 Å². The molecule has 134 valence electrons. The Bertz CT molecular complexity index is 1010. The van der Waals surface area contributed by atoms with Crippen LogP contribution in [-0.2, 0) is 11.2 Å². The molecule has 0 saturated heterocycles. The quantitative estimate of drug-likeness (QED) is 0.728. The van der Waals surface area contributed by atoms with Crippen molar-refractivity contribution < 1.29 is 9.53 Å². The first-order valence-corrected chi connectivity index (χ1v) is 8.41. The zero-order valence-electron chi connectivity index (χ0n) is 14.4.